The minimum atomic E-state index is -2.39. The molecule has 2 aromatic rings. The van der Waals surface area contributed by atoms with E-state index in [1.165, 1.54) is 0 Å². The predicted molar refractivity (Wildman–Crippen MR) is 166 cm³/mol. The lowest BCUT2D eigenvalue weighted by atomic mass is 9.58. The summed E-state index contributed by atoms with van der Waals surface area (Å²) in [5, 5.41) is 28.3. The molecule has 0 bridgehead atoms. The third-order valence-corrected chi connectivity index (χ3v) is 9.92. The first-order chi connectivity index (χ1) is 21.7. The Labute approximate surface area is 263 Å². The Morgan fingerprint density at radius 1 is 1.11 bits per heavy atom. The van der Waals surface area contributed by atoms with Crippen molar-refractivity contribution in [2.24, 2.45) is 11.8 Å². The quantitative estimate of drug-likeness (QED) is 0.262. The monoisotopic (exact) mass is 621 g/mol. The van der Waals surface area contributed by atoms with Gasteiger partial charge in [0.25, 0.3) is 5.88 Å². The van der Waals surface area contributed by atoms with Crippen LogP contribution in [0.3, 0.4) is 0 Å². The fourth-order valence-corrected chi connectivity index (χ4v) is 7.75. The SMILES string of the molecule is CCCCOc1cc(C=O)c(N2CCCC2)c2c1C(=O)C1=C(O)[C@]3(O)C(=O)c4c(OCCCC)noc4[C@@H](N(C)C)[C@@H]3C[C@@H]1C2. The van der Waals surface area contributed by atoms with Crippen LogP contribution in [0.15, 0.2) is 21.9 Å². The molecule has 6 rings (SSSR count). The van der Waals surface area contributed by atoms with Gasteiger partial charge in [-0.25, -0.2) is 0 Å². The van der Waals surface area contributed by atoms with Crippen LogP contribution in [-0.2, 0) is 6.42 Å². The normalized spacial score (nSPS) is 25.6. The Kier molecular flexibility index (Phi) is 8.51. The zero-order chi connectivity index (χ0) is 32.0. The zero-order valence-electron chi connectivity index (χ0n) is 26.6. The number of rotatable bonds is 11. The number of aliphatic hydroxyl groups is 2. The summed E-state index contributed by atoms with van der Waals surface area (Å²) in [5.74, 6) is -2.72. The number of aliphatic hydroxyl groups excluding tert-OH is 1. The van der Waals surface area contributed by atoms with Crippen LogP contribution in [0, 0.1) is 11.8 Å². The molecule has 3 aliphatic carbocycles. The third kappa shape index (κ3) is 4.86. The minimum absolute atomic E-state index is 0.00616. The minimum Gasteiger partial charge on any atom is -0.508 e. The molecule has 2 N–H and O–H groups in total. The Morgan fingerprint density at radius 3 is 2.44 bits per heavy atom. The smallest absolute Gasteiger partial charge is 0.265 e. The van der Waals surface area contributed by atoms with Crippen molar-refractivity contribution in [3.8, 4) is 11.6 Å². The van der Waals surface area contributed by atoms with Crippen LogP contribution < -0.4 is 14.4 Å². The van der Waals surface area contributed by atoms with Crippen molar-refractivity contribution in [3.05, 3.63) is 45.4 Å². The molecule has 4 aliphatic rings. The van der Waals surface area contributed by atoms with E-state index in [9.17, 15) is 24.6 Å². The summed E-state index contributed by atoms with van der Waals surface area (Å²) in [4.78, 5) is 45.2. The lowest BCUT2D eigenvalue weighted by Crippen LogP contribution is -2.59. The molecule has 11 nitrogen and oxygen atoms in total. The fourth-order valence-electron chi connectivity index (χ4n) is 7.75. The molecule has 1 fully saturated rings. The summed E-state index contributed by atoms with van der Waals surface area (Å²) in [6.45, 7) is 6.26. The molecule has 0 unspecified atom stereocenters. The lowest BCUT2D eigenvalue weighted by Gasteiger charge is -2.49. The van der Waals surface area contributed by atoms with Gasteiger partial charge in [0.1, 0.15) is 17.1 Å². The summed E-state index contributed by atoms with van der Waals surface area (Å²) >= 11 is 0. The van der Waals surface area contributed by atoms with E-state index in [0.717, 1.165) is 69.2 Å². The van der Waals surface area contributed by atoms with Gasteiger partial charge < -0.3 is 29.1 Å². The number of carbonyl (C=O) groups is 3. The van der Waals surface area contributed by atoms with E-state index in [2.05, 4.69) is 10.1 Å². The summed E-state index contributed by atoms with van der Waals surface area (Å²) in [6.07, 6.45) is 6.60. The van der Waals surface area contributed by atoms with Gasteiger partial charge in [-0.05, 0) is 75.3 Å². The van der Waals surface area contributed by atoms with Crippen LogP contribution in [0.2, 0.25) is 0 Å². The molecule has 1 saturated heterocycles. The zero-order valence-corrected chi connectivity index (χ0v) is 26.6. The fraction of sp³-hybridized carbons (Fsp3) is 0.588. The molecule has 11 heteroatoms. The van der Waals surface area contributed by atoms with Crippen LogP contribution in [-0.4, -0.2) is 84.1 Å². The second-order valence-electron chi connectivity index (χ2n) is 12.9. The van der Waals surface area contributed by atoms with E-state index in [1.54, 1.807) is 6.07 Å². The highest BCUT2D eigenvalue weighted by Gasteiger charge is 2.64. The van der Waals surface area contributed by atoms with E-state index < -0.39 is 40.8 Å². The van der Waals surface area contributed by atoms with Crippen LogP contribution >= 0.6 is 0 Å². The largest absolute Gasteiger partial charge is 0.508 e. The van der Waals surface area contributed by atoms with Crippen LogP contribution in [0.25, 0.3) is 0 Å². The van der Waals surface area contributed by atoms with E-state index in [-0.39, 0.29) is 34.9 Å². The van der Waals surface area contributed by atoms with E-state index >= 15 is 0 Å². The molecule has 1 aromatic heterocycles. The number of hydrogen-bond acceptors (Lipinski definition) is 11. The Bertz CT molecular complexity index is 1540. The number of hydrogen-bond donors (Lipinski definition) is 2. The van der Waals surface area contributed by atoms with Crippen molar-refractivity contribution in [2.75, 3.05) is 45.3 Å². The number of ether oxygens (including phenoxy) is 2. The lowest BCUT2D eigenvalue weighted by molar-refractivity contribution is -0.0559. The van der Waals surface area contributed by atoms with Crippen molar-refractivity contribution in [2.45, 2.75) is 76.9 Å². The van der Waals surface area contributed by atoms with Gasteiger partial charge in [-0.1, -0.05) is 26.7 Å². The Balaban J connectivity index is 1.51. The molecular weight excluding hydrogens is 578 g/mol. The number of anilines is 1. The van der Waals surface area contributed by atoms with Gasteiger partial charge in [0, 0.05) is 30.1 Å². The van der Waals surface area contributed by atoms with Crippen LogP contribution in [0.5, 0.6) is 11.6 Å². The molecule has 1 aromatic carbocycles. The first-order valence-corrected chi connectivity index (χ1v) is 16.3. The molecule has 0 spiro atoms. The second-order valence-corrected chi connectivity index (χ2v) is 12.9. The maximum atomic E-state index is 14.6. The van der Waals surface area contributed by atoms with E-state index in [0.29, 0.717) is 30.8 Å². The highest BCUT2D eigenvalue weighted by Crippen LogP contribution is 2.57. The summed E-state index contributed by atoms with van der Waals surface area (Å²) in [5.41, 5.74) is -0.150. The number of benzene rings is 1. The maximum absolute atomic E-state index is 14.6. The van der Waals surface area contributed by atoms with Crippen molar-refractivity contribution in [1.29, 1.82) is 0 Å². The topological polar surface area (TPSA) is 143 Å². The standard InChI is InChI=1S/C34H43N3O8/c1-5-7-13-43-23-17-20(18-38)27(37-11-9-10-12-37)21-15-19-16-22-28(36(3)4)30-26(33(35-45-30)44-14-8-6-2)32(41)34(22,42)31(40)24(19)29(39)25(21)23/h17-19,22,28,40,42H,5-16H2,1-4H3/t19-,22-,28-,34-/m0/s1. The number of unbranched alkanes of at least 4 members (excludes halogenated alkanes) is 2. The van der Waals surface area contributed by atoms with Crippen LogP contribution in [0.1, 0.15) is 107 Å². The average Bonchev–Trinajstić information content (AvgIpc) is 3.69. The molecular formula is C34H43N3O8. The molecule has 242 valence electrons. The number of nitrogens with zero attached hydrogens (tertiary/aromatic N) is 3. The van der Waals surface area contributed by atoms with Crippen molar-refractivity contribution >= 4 is 23.5 Å². The van der Waals surface area contributed by atoms with Gasteiger partial charge >= 0.3 is 0 Å². The average molecular weight is 622 g/mol. The molecule has 1 aliphatic heterocycles. The highest BCUT2D eigenvalue weighted by atomic mass is 16.5. The summed E-state index contributed by atoms with van der Waals surface area (Å²) in [7, 11) is 3.62. The number of aldehydes is 1. The number of Topliss-reactive ketones (excluding diaryl/α,β-unsaturated/α-hetero) is 2. The van der Waals surface area contributed by atoms with Crippen molar-refractivity contribution in [3.63, 3.8) is 0 Å². The molecule has 4 atom stereocenters. The molecule has 0 amide bonds. The van der Waals surface area contributed by atoms with Crippen molar-refractivity contribution < 1.29 is 38.6 Å². The molecule has 45 heavy (non-hydrogen) atoms. The van der Waals surface area contributed by atoms with Gasteiger partial charge in [-0.3, -0.25) is 19.3 Å². The second kappa shape index (κ2) is 12.2. The molecule has 0 radical (unpaired) electrons. The number of carbonyl (C=O) groups excluding carboxylic acids is 3. The first-order valence-electron chi connectivity index (χ1n) is 16.3. The van der Waals surface area contributed by atoms with Crippen LogP contribution in [0.4, 0.5) is 5.69 Å². The molecule has 2 heterocycles. The van der Waals surface area contributed by atoms with Crippen molar-refractivity contribution in [1.82, 2.24) is 10.1 Å². The molecule has 0 saturated carbocycles. The third-order valence-electron chi connectivity index (χ3n) is 9.92. The highest BCUT2D eigenvalue weighted by molar-refractivity contribution is 6.17. The maximum Gasteiger partial charge on any atom is 0.265 e. The first kappa shape index (κ1) is 31.3. The van der Waals surface area contributed by atoms with E-state index in [4.69, 9.17) is 14.0 Å². The van der Waals surface area contributed by atoms with Gasteiger partial charge in [-0.15, -0.1) is 0 Å². The summed E-state index contributed by atoms with van der Waals surface area (Å²) < 4.78 is 17.6. The Morgan fingerprint density at radius 2 is 1.80 bits per heavy atom. The number of fused-ring (bicyclic) bond motifs is 4. The number of allylic oxidation sites excluding steroid dienone is 1. The predicted octanol–water partition coefficient (Wildman–Crippen LogP) is 4.86. The van der Waals surface area contributed by atoms with Gasteiger partial charge in [-0.2, -0.15) is 0 Å². The van der Waals surface area contributed by atoms with E-state index in [1.807, 2.05) is 32.8 Å². The van der Waals surface area contributed by atoms with Gasteiger partial charge in [0.15, 0.2) is 23.4 Å². The Hall–Kier alpha value is -3.70. The van der Waals surface area contributed by atoms with Gasteiger partial charge in [0.2, 0.25) is 5.78 Å². The number of ketones is 2. The number of aromatic nitrogens is 1. The summed E-state index contributed by atoms with van der Waals surface area (Å²) in [6, 6.07) is 0.994. The van der Waals surface area contributed by atoms with Gasteiger partial charge in [0.05, 0.1) is 30.5 Å².